The highest BCUT2D eigenvalue weighted by Crippen LogP contribution is 2.21. The Labute approximate surface area is 117 Å². The number of rotatable bonds is 4. The van der Waals surface area contributed by atoms with Crippen LogP contribution in [0.2, 0.25) is 0 Å². The first kappa shape index (κ1) is 14.6. The number of nitrogens with zero attached hydrogens (tertiary/aromatic N) is 2. The van der Waals surface area contributed by atoms with Gasteiger partial charge in [-0.2, -0.15) is 0 Å². The topological polar surface area (TPSA) is 104 Å². The van der Waals surface area contributed by atoms with Gasteiger partial charge in [0.25, 0.3) is 5.56 Å². The van der Waals surface area contributed by atoms with Gasteiger partial charge in [0.05, 0.1) is 6.10 Å². The molecule has 1 aliphatic rings. The maximum atomic E-state index is 12.0. The minimum absolute atomic E-state index is 0.196. The van der Waals surface area contributed by atoms with Crippen molar-refractivity contribution in [2.45, 2.75) is 45.3 Å². The number of hydrogen-bond donors (Lipinski definition) is 3. The average Bonchev–Trinajstić information content (AvgIpc) is 2.38. The van der Waals surface area contributed by atoms with Crippen LogP contribution in [0.25, 0.3) is 0 Å². The summed E-state index contributed by atoms with van der Waals surface area (Å²) in [6, 6.07) is 0. The summed E-state index contributed by atoms with van der Waals surface area (Å²) in [6.07, 6.45) is 2.82. The third kappa shape index (κ3) is 2.87. The number of unbranched alkanes of at least 4 members (excludes halogenated alkanes) is 1. The van der Waals surface area contributed by atoms with Crippen LogP contribution in [-0.2, 0) is 6.54 Å². The van der Waals surface area contributed by atoms with Crippen LogP contribution in [0, 0.1) is 0 Å². The van der Waals surface area contributed by atoms with Crippen LogP contribution in [0.4, 0.5) is 11.5 Å². The number of nitrogen functional groups attached to an aromatic ring is 1. The largest absolute Gasteiger partial charge is 0.391 e. The molecule has 0 aromatic carbocycles. The fourth-order valence-electron chi connectivity index (χ4n) is 2.58. The summed E-state index contributed by atoms with van der Waals surface area (Å²) < 4.78 is 1.40. The van der Waals surface area contributed by atoms with Crippen LogP contribution in [0.1, 0.15) is 32.6 Å². The Morgan fingerprint density at radius 2 is 2.20 bits per heavy atom. The number of aliphatic hydroxyl groups excluding tert-OH is 1. The van der Waals surface area contributed by atoms with Crippen LogP contribution in [-0.4, -0.2) is 33.9 Å². The van der Waals surface area contributed by atoms with E-state index in [1.165, 1.54) is 4.57 Å². The standard InChI is InChI=1S/C13H22N4O3/c1-2-3-7-17-11(14)10(12(19)15-13(17)20)16-6-4-5-9(18)8-16/h9,18H,2-8,14H2,1H3,(H,15,19,20). The Morgan fingerprint density at radius 1 is 1.45 bits per heavy atom. The Bertz CT molecular complexity index is 578. The zero-order valence-corrected chi connectivity index (χ0v) is 11.8. The maximum absolute atomic E-state index is 12.0. The Balaban J connectivity index is 2.41. The molecule has 1 atom stereocenters. The van der Waals surface area contributed by atoms with Crippen molar-refractivity contribution in [2.24, 2.45) is 0 Å². The van der Waals surface area contributed by atoms with E-state index in [1.807, 2.05) is 6.92 Å². The van der Waals surface area contributed by atoms with Crippen LogP contribution < -0.4 is 21.9 Å². The summed E-state index contributed by atoms with van der Waals surface area (Å²) in [7, 11) is 0. The second-order valence-electron chi connectivity index (χ2n) is 5.24. The van der Waals surface area contributed by atoms with E-state index in [4.69, 9.17) is 5.73 Å². The van der Waals surface area contributed by atoms with Crippen molar-refractivity contribution >= 4 is 11.5 Å². The molecule has 1 aromatic rings. The van der Waals surface area contributed by atoms with Crippen molar-refractivity contribution in [3.05, 3.63) is 20.8 Å². The van der Waals surface area contributed by atoms with E-state index in [0.29, 0.717) is 25.3 Å². The van der Waals surface area contributed by atoms with E-state index < -0.39 is 17.4 Å². The number of aliphatic hydroxyl groups is 1. The third-order valence-corrected chi connectivity index (χ3v) is 3.66. The molecule has 0 radical (unpaired) electrons. The quantitative estimate of drug-likeness (QED) is 0.714. The van der Waals surface area contributed by atoms with Gasteiger partial charge in [0.1, 0.15) is 11.5 Å². The molecule has 1 saturated heterocycles. The van der Waals surface area contributed by atoms with E-state index in [2.05, 4.69) is 4.98 Å². The molecule has 7 heteroatoms. The highest BCUT2D eigenvalue weighted by molar-refractivity contribution is 5.62. The first-order chi connectivity index (χ1) is 9.54. The zero-order valence-electron chi connectivity index (χ0n) is 11.8. The predicted molar refractivity (Wildman–Crippen MR) is 78.1 cm³/mol. The number of piperidine rings is 1. The first-order valence-electron chi connectivity index (χ1n) is 7.10. The normalized spacial score (nSPS) is 19.3. The SMILES string of the molecule is CCCCn1c(N)c(N2CCCC(O)C2)c(=O)[nH]c1=O. The van der Waals surface area contributed by atoms with Gasteiger partial charge in [0.15, 0.2) is 0 Å². The van der Waals surface area contributed by atoms with Crippen molar-refractivity contribution in [2.75, 3.05) is 23.7 Å². The van der Waals surface area contributed by atoms with Gasteiger partial charge in [-0.3, -0.25) is 14.3 Å². The number of aromatic amines is 1. The minimum atomic E-state index is -0.477. The molecule has 0 spiro atoms. The minimum Gasteiger partial charge on any atom is -0.391 e. The van der Waals surface area contributed by atoms with Gasteiger partial charge in [0.2, 0.25) is 0 Å². The van der Waals surface area contributed by atoms with E-state index in [0.717, 1.165) is 25.7 Å². The average molecular weight is 282 g/mol. The molecular weight excluding hydrogens is 260 g/mol. The van der Waals surface area contributed by atoms with Gasteiger partial charge < -0.3 is 15.7 Å². The van der Waals surface area contributed by atoms with Gasteiger partial charge in [-0.25, -0.2) is 4.79 Å². The molecule has 1 aliphatic heterocycles. The summed E-state index contributed by atoms with van der Waals surface area (Å²) >= 11 is 0. The number of nitrogens with two attached hydrogens (primary N) is 1. The molecule has 112 valence electrons. The summed E-state index contributed by atoms with van der Waals surface area (Å²) in [5.74, 6) is 0.196. The van der Waals surface area contributed by atoms with Crippen molar-refractivity contribution in [1.29, 1.82) is 0 Å². The van der Waals surface area contributed by atoms with Crippen LogP contribution >= 0.6 is 0 Å². The fourth-order valence-corrected chi connectivity index (χ4v) is 2.58. The van der Waals surface area contributed by atoms with Gasteiger partial charge in [0, 0.05) is 19.6 Å². The number of aromatic nitrogens is 2. The van der Waals surface area contributed by atoms with Crippen LogP contribution in [0.15, 0.2) is 9.59 Å². The van der Waals surface area contributed by atoms with Crippen LogP contribution in [0.3, 0.4) is 0 Å². The number of hydrogen-bond acceptors (Lipinski definition) is 5. The lowest BCUT2D eigenvalue weighted by Gasteiger charge is -2.32. The molecule has 0 bridgehead atoms. The van der Waals surface area contributed by atoms with Crippen molar-refractivity contribution in [1.82, 2.24) is 9.55 Å². The number of H-pyrrole nitrogens is 1. The molecule has 0 saturated carbocycles. The lowest BCUT2D eigenvalue weighted by Crippen LogP contribution is -2.44. The molecule has 1 aromatic heterocycles. The lowest BCUT2D eigenvalue weighted by atomic mass is 10.1. The van der Waals surface area contributed by atoms with Crippen molar-refractivity contribution in [3.63, 3.8) is 0 Å². The van der Waals surface area contributed by atoms with E-state index in [9.17, 15) is 14.7 Å². The predicted octanol–water partition coefficient (Wildman–Crippen LogP) is -0.120. The monoisotopic (exact) mass is 282 g/mol. The lowest BCUT2D eigenvalue weighted by molar-refractivity contribution is 0.154. The molecular formula is C13H22N4O3. The summed E-state index contributed by atoms with van der Waals surface area (Å²) in [4.78, 5) is 27.9. The second kappa shape index (κ2) is 6.13. The first-order valence-corrected chi connectivity index (χ1v) is 7.10. The van der Waals surface area contributed by atoms with Crippen molar-refractivity contribution < 1.29 is 5.11 Å². The van der Waals surface area contributed by atoms with Crippen LogP contribution in [0.5, 0.6) is 0 Å². The third-order valence-electron chi connectivity index (χ3n) is 3.66. The Morgan fingerprint density at radius 3 is 2.85 bits per heavy atom. The summed E-state index contributed by atoms with van der Waals surface area (Å²) in [5, 5.41) is 9.72. The summed E-state index contributed by atoms with van der Waals surface area (Å²) in [6.45, 7) is 3.55. The Kier molecular flexibility index (Phi) is 4.49. The maximum Gasteiger partial charge on any atom is 0.330 e. The molecule has 20 heavy (non-hydrogen) atoms. The number of β-amino-alcohol motifs (C(OH)–C–C–N with tert-alkyl or cyclic N) is 1. The summed E-state index contributed by atoms with van der Waals surface area (Å²) in [5.41, 5.74) is 5.38. The molecule has 1 unspecified atom stereocenters. The van der Waals surface area contributed by atoms with Gasteiger partial charge in [-0.15, -0.1) is 0 Å². The van der Waals surface area contributed by atoms with E-state index in [1.54, 1.807) is 4.90 Å². The van der Waals surface area contributed by atoms with Crippen molar-refractivity contribution in [3.8, 4) is 0 Å². The Hall–Kier alpha value is -1.76. The molecule has 0 amide bonds. The highest BCUT2D eigenvalue weighted by Gasteiger charge is 2.23. The molecule has 7 nitrogen and oxygen atoms in total. The fraction of sp³-hybridized carbons (Fsp3) is 0.692. The second-order valence-corrected chi connectivity index (χ2v) is 5.24. The molecule has 2 rings (SSSR count). The highest BCUT2D eigenvalue weighted by atomic mass is 16.3. The zero-order chi connectivity index (χ0) is 14.7. The molecule has 1 fully saturated rings. The van der Waals surface area contributed by atoms with E-state index in [-0.39, 0.29) is 5.82 Å². The molecule has 4 N–H and O–H groups in total. The number of anilines is 2. The van der Waals surface area contributed by atoms with E-state index >= 15 is 0 Å². The van der Waals surface area contributed by atoms with Gasteiger partial charge in [-0.05, 0) is 19.3 Å². The molecule has 2 heterocycles. The van der Waals surface area contributed by atoms with Gasteiger partial charge >= 0.3 is 5.69 Å². The number of nitrogens with one attached hydrogen (secondary N) is 1. The van der Waals surface area contributed by atoms with Gasteiger partial charge in [-0.1, -0.05) is 13.3 Å². The molecule has 0 aliphatic carbocycles. The smallest absolute Gasteiger partial charge is 0.330 e.